The molecule has 0 spiro atoms. The number of nitrogens with zero attached hydrogens (tertiary/aromatic N) is 2. The number of halogens is 1. The topological polar surface area (TPSA) is 58.0 Å². The van der Waals surface area contributed by atoms with Crippen LogP contribution in [-0.4, -0.2) is 21.1 Å². The van der Waals surface area contributed by atoms with Crippen LogP contribution in [0.25, 0.3) is 0 Å². The molecular weight excluding hydrogens is 281 g/mol. The first kappa shape index (κ1) is 16.4. The minimum Gasteiger partial charge on any atom is -0.388 e. The highest BCUT2D eigenvalue weighted by atomic mass is 19.1. The van der Waals surface area contributed by atoms with E-state index in [1.165, 1.54) is 12.1 Å². The molecule has 2 atom stereocenters. The second kappa shape index (κ2) is 7.31. The number of aliphatic hydroxyl groups excluding tert-OH is 1. The normalized spacial score (nSPS) is 13.7. The van der Waals surface area contributed by atoms with E-state index < -0.39 is 6.10 Å². The average Bonchev–Trinajstić information content (AvgIpc) is 2.46. The molecule has 2 N–H and O–H groups in total. The van der Waals surface area contributed by atoms with E-state index in [-0.39, 0.29) is 11.9 Å². The zero-order valence-electron chi connectivity index (χ0n) is 13.2. The van der Waals surface area contributed by atoms with E-state index >= 15 is 0 Å². The van der Waals surface area contributed by atoms with Gasteiger partial charge in [0.2, 0.25) is 0 Å². The van der Waals surface area contributed by atoms with E-state index in [2.05, 4.69) is 15.3 Å². The molecule has 1 heterocycles. The lowest BCUT2D eigenvalue weighted by molar-refractivity contribution is 0.162. The standard InChI is InChI=1S/C17H22FN3O/c1-4-15-10-17(21-12(3)20-15)19-11(2)9-16(22)13-5-7-14(18)8-6-13/h5-8,10-11,16,22H,4,9H2,1-3H3,(H,19,20,21). The minimum absolute atomic E-state index is 0.0269. The van der Waals surface area contributed by atoms with Crippen molar-refractivity contribution in [2.24, 2.45) is 0 Å². The van der Waals surface area contributed by atoms with Gasteiger partial charge in [-0.15, -0.1) is 0 Å². The van der Waals surface area contributed by atoms with E-state index in [0.717, 1.165) is 23.8 Å². The van der Waals surface area contributed by atoms with Crippen molar-refractivity contribution >= 4 is 5.82 Å². The second-order valence-electron chi connectivity index (χ2n) is 5.49. The molecular formula is C17H22FN3O. The Hall–Kier alpha value is -2.01. The summed E-state index contributed by atoms with van der Waals surface area (Å²) in [5, 5.41) is 13.5. The third-order valence-corrected chi connectivity index (χ3v) is 3.48. The number of rotatable bonds is 6. The number of aliphatic hydroxyl groups is 1. The quantitative estimate of drug-likeness (QED) is 0.858. The van der Waals surface area contributed by atoms with Gasteiger partial charge in [0.1, 0.15) is 17.5 Å². The maximum Gasteiger partial charge on any atom is 0.130 e. The molecule has 0 amide bonds. The third kappa shape index (κ3) is 4.49. The summed E-state index contributed by atoms with van der Waals surface area (Å²) < 4.78 is 12.9. The van der Waals surface area contributed by atoms with Gasteiger partial charge in [-0.25, -0.2) is 14.4 Å². The van der Waals surface area contributed by atoms with Gasteiger partial charge in [0, 0.05) is 17.8 Å². The first-order valence-electron chi connectivity index (χ1n) is 7.52. The van der Waals surface area contributed by atoms with E-state index in [0.29, 0.717) is 12.0 Å². The summed E-state index contributed by atoms with van der Waals surface area (Å²) >= 11 is 0. The van der Waals surface area contributed by atoms with E-state index in [4.69, 9.17) is 0 Å². The lowest BCUT2D eigenvalue weighted by Crippen LogP contribution is -2.20. The molecule has 0 saturated heterocycles. The summed E-state index contributed by atoms with van der Waals surface area (Å²) in [5.74, 6) is 1.20. The Balaban J connectivity index is 1.99. The van der Waals surface area contributed by atoms with Gasteiger partial charge < -0.3 is 10.4 Å². The van der Waals surface area contributed by atoms with Crippen LogP contribution in [0.3, 0.4) is 0 Å². The van der Waals surface area contributed by atoms with Crippen molar-refractivity contribution in [2.45, 2.75) is 45.8 Å². The predicted molar refractivity (Wildman–Crippen MR) is 85.2 cm³/mol. The molecule has 0 bridgehead atoms. The molecule has 1 aromatic heterocycles. The van der Waals surface area contributed by atoms with Gasteiger partial charge in [-0.3, -0.25) is 0 Å². The second-order valence-corrected chi connectivity index (χ2v) is 5.49. The highest BCUT2D eigenvalue weighted by molar-refractivity contribution is 5.37. The summed E-state index contributed by atoms with van der Waals surface area (Å²) in [6.07, 6.45) is 0.720. The van der Waals surface area contributed by atoms with Gasteiger partial charge in [0.15, 0.2) is 0 Å². The molecule has 4 nitrogen and oxygen atoms in total. The van der Waals surface area contributed by atoms with Crippen molar-refractivity contribution in [2.75, 3.05) is 5.32 Å². The maximum absolute atomic E-state index is 12.9. The van der Waals surface area contributed by atoms with Gasteiger partial charge in [0.25, 0.3) is 0 Å². The monoisotopic (exact) mass is 303 g/mol. The summed E-state index contributed by atoms with van der Waals surface area (Å²) in [5.41, 5.74) is 1.70. The summed E-state index contributed by atoms with van der Waals surface area (Å²) in [4.78, 5) is 8.70. The molecule has 2 aromatic rings. The van der Waals surface area contributed by atoms with Crippen molar-refractivity contribution in [3.63, 3.8) is 0 Å². The van der Waals surface area contributed by atoms with Crippen molar-refractivity contribution in [1.29, 1.82) is 0 Å². The Labute approximate surface area is 130 Å². The molecule has 5 heteroatoms. The number of aryl methyl sites for hydroxylation is 2. The Kier molecular flexibility index (Phi) is 5.44. The van der Waals surface area contributed by atoms with Crippen LogP contribution in [0.2, 0.25) is 0 Å². The molecule has 0 aliphatic heterocycles. The predicted octanol–water partition coefficient (Wildman–Crippen LogP) is 3.41. The number of hydrogen-bond acceptors (Lipinski definition) is 4. The molecule has 0 aliphatic carbocycles. The van der Waals surface area contributed by atoms with Crippen molar-refractivity contribution < 1.29 is 9.50 Å². The SMILES string of the molecule is CCc1cc(NC(C)CC(O)c2ccc(F)cc2)nc(C)n1. The van der Waals surface area contributed by atoms with Crippen LogP contribution >= 0.6 is 0 Å². The summed E-state index contributed by atoms with van der Waals surface area (Å²) in [7, 11) is 0. The Morgan fingerprint density at radius 3 is 2.55 bits per heavy atom. The average molecular weight is 303 g/mol. The zero-order chi connectivity index (χ0) is 16.1. The third-order valence-electron chi connectivity index (χ3n) is 3.48. The van der Waals surface area contributed by atoms with Crippen molar-refractivity contribution in [1.82, 2.24) is 9.97 Å². The number of nitrogens with one attached hydrogen (secondary N) is 1. The van der Waals surface area contributed by atoms with E-state index in [1.807, 2.05) is 26.8 Å². The van der Waals surface area contributed by atoms with E-state index in [1.54, 1.807) is 12.1 Å². The fraction of sp³-hybridized carbons (Fsp3) is 0.412. The van der Waals surface area contributed by atoms with Gasteiger partial charge >= 0.3 is 0 Å². The van der Waals surface area contributed by atoms with Gasteiger partial charge in [-0.1, -0.05) is 19.1 Å². The molecule has 2 unspecified atom stereocenters. The molecule has 2 rings (SSSR count). The molecule has 0 fully saturated rings. The first-order valence-corrected chi connectivity index (χ1v) is 7.52. The summed E-state index contributed by atoms with van der Waals surface area (Å²) in [6, 6.07) is 7.89. The number of anilines is 1. The Bertz CT molecular complexity index is 616. The molecule has 22 heavy (non-hydrogen) atoms. The highest BCUT2D eigenvalue weighted by Gasteiger charge is 2.13. The number of hydrogen-bond donors (Lipinski definition) is 2. The Morgan fingerprint density at radius 1 is 1.23 bits per heavy atom. The first-order chi connectivity index (χ1) is 10.5. The fourth-order valence-electron chi connectivity index (χ4n) is 2.35. The number of benzene rings is 1. The lowest BCUT2D eigenvalue weighted by atomic mass is 10.0. The van der Waals surface area contributed by atoms with Crippen LogP contribution in [0.5, 0.6) is 0 Å². The number of aromatic nitrogens is 2. The van der Waals surface area contributed by atoms with Crippen LogP contribution in [0.15, 0.2) is 30.3 Å². The largest absolute Gasteiger partial charge is 0.388 e. The van der Waals surface area contributed by atoms with Crippen LogP contribution < -0.4 is 5.32 Å². The smallest absolute Gasteiger partial charge is 0.130 e. The molecule has 1 aromatic carbocycles. The Morgan fingerprint density at radius 2 is 1.91 bits per heavy atom. The minimum atomic E-state index is -0.642. The van der Waals surface area contributed by atoms with Crippen molar-refractivity contribution in [3.8, 4) is 0 Å². The maximum atomic E-state index is 12.9. The van der Waals surface area contributed by atoms with E-state index in [9.17, 15) is 9.50 Å². The van der Waals surface area contributed by atoms with Gasteiger partial charge in [0.05, 0.1) is 6.10 Å². The highest BCUT2D eigenvalue weighted by Crippen LogP contribution is 2.20. The molecule has 0 radical (unpaired) electrons. The van der Waals surface area contributed by atoms with Crippen molar-refractivity contribution in [3.05, 3.63) is 53.2 Å². The van der Waals surface area contributed by atoms with Gasteiger partial charge in [-0.2, -0.15) is 0 Å². The summed E-state index contributed by atoms with van der Waals surface area (Å²) in [6.45, 7) is 5.89. The van der Waals surface area contributed by atoms with Crippen LogP contribution in [-0.2, 0) is 6.42 Å². The molecule has 118 valence electrons. The fourth-order valence-corrected chi connectivity index (χ4v) is 2.35. The van der Waals surface area contributed by atoms with Crippen LogP contribution in [0.1, 0.15) is 43.5 Å². The van der Waals surface area contributed by atoms with Gasteiger partial charge in [-0.05, 0) is 44.4 Å². The molecule has 0 aliphatic rings. The van der Waals surface area contributed by atoms with Crippen LogP contribution in [0, 0.1) is 12.7 Å². The van der Waals surface area contributed by atoms with Crippen LogP contribution in [0.4, 0.5) is 10.2 Å². The molecule has 0 saturated carbocycles. The lowest BCUT2D eigenvalue weighted by Gasteiger charge is -2.19. The zero-order valence-corrected chi connectivity index (χ0v) is 13.2.